The maximum atomic E-state index is 13.0. The van der Waals surface area contributed by atoms with E-state index in [2.05, 4.69) is 4.72 Å². The van der Waals surface area contributed by atoms with Crippen LogP contribution >= 0.6 is 0 Å². The zero-order valence-electron chi connectivity index (χ0n) is 17.9. The highest BCUT2D eigenvalue weighted by atomic mass is 32.2. The monoisotopic (exact) mass is 445 g/mol. The lowest BCUT2D eigenvalue weighted by Crippen LogP contribution is -2.50. The molecule has 2 aromatic rings. The second-order valence-corrected chi connectivity index (χ2v) is 9.11. The Kier molecular flexibility index (Phi) is 6.84. The van der Waals surface area contributed by atoms with Crippen LogP contribution in [0.25, 0.3) is 0 Å². The van der Waals surface area contributed by atoms with Gasteiger partial charge in [-0.25, -0.2) is 13.2 Å². The molecular formula is C22H27N3O5S. The number of hydrogen-bond donors (Lipinski definition) is 1. The van der Waals surface area contributed by atoms with Crippen molar-refractivity contribution in [2.45, 2.75) is 25.7 Å². The summed E-state index contributed by atoms with van der Waals surface area (Å²) in [4.78, 5) is 28.2. The number of nitrogens with zero attached hydrogens (tertiary/aromatic N) is 2. The molecule has 0 bridgehead atoms. The highest BCUT2D eigenvalue weighted by Crippen LogP contribution is 2.23. The molecule has 1 N–H and O–H groups in total. The zero-order chi connectivity index (χ0) is 22.6. The molecule has 1 aliphatic heterocycles. The smallest absolute Gasteiger partial charge is 0.409 e. The summed E-state index contributed by atoms with van der Waals surface area (Å²) < 4.78 is 33.1. The van der Waals surface area contributed by atoms with Crippen LogP contribution in [0.5, 0.6) is 0 Å². The topological polar surface area (TPSA) is 96.0 Å². The van der Waals surface area contributed by atoms with Gasteiger partial charge in [0.15, 0.2) is 0 Å². The van der Waals surface area contributed by atoms with E-state index in [1.165, 1.54) is 0 Å². The number of rotatable bonds is 5. The quantitative estimate of drug-likeness (QED) is 0.763. The minimum absolute atomic E-state index is 0.157. The molecule has 1 fully saturated rings. The molecule has 0 saturated carbocycles. The molecule has 3 rings (SSSR count). The highest BCUT2D eigenvalue weighted by Gasteiger charge is 2.26. The van der Waals surface area contributed by atoms with E-state index >= 15 is 0 Å². The van der Waals surface area contributed by atoms with E-state index < -0.39 is 10.0 Å². The predicted octanol–water partition coefficient (Wildman–Crippen LogP) is 3.02. The van der Waals surface area contributed by atoms with E-state index in [1.807, 2.05) is 6.92 Å². The summed E-state index contributed by atoms with van der Waals surface area (Å²) in [7, 11) is -3.78. The number of amides is 2. The molecule has 0 aromatic heterocycles. The molecule has 1 saturated heterocycles. The first-order valence-corrected chi connectivity index (χ1v) is 11.6. The molecule has 31 heavy (non-hydrogen) atoms. The van der Waals surface area contributed by atoms with Crippen molar-refractivity contribution >= 4 is 27.7 Å². The van der Waals surface area contributed by atoms with E-state index in [1.54, 1.807) is 66.1 Å². The summed E-state index contributed by atoms with van der Waals surface area (Å²) in [6.45, 7) is 7.27. The number of nitrogens with one attached hydrogen (secondary N) is 1. The van der Waals surface area contributed by atoms with Gasteiger partial charge in [-0.2, -0.15) is 0 Å². The highest BCUT2D eigenvalue weighted by molar-refractivity contribution is 7.92. The SMILES string of the molecule is CCOC(=O)N1CCN(C(=O)c2ccc(C)c(NS(=O)(=O)c3ccc(C)cc3)c2)CC1. The molecule has 166 valence electrons. The van der Waals surface area contributed by atoms with E-state index in [0.29, 0.717) is 49.6 Å². The van der Waals surface area contributed by atoms with Gasteiger partial charge in [0.1, 0.15) is 0 Å². The van der Waals surface area contributed by atoms with Crippen LogP contribution in [0.4, 0.5) is 10.5 Å². The standard InChI is InChI=1S/C22H27N3O5S/c1-4-30-22(27)25-13-11-24(12-14-25)21(26)18-8-7-17(3)20(15-18)23-31(28,29)19-9-5-16(2)6-10-19/h5-10,15,23H,4,11-14H2,1-3H3. The van der Waals surface area contributed by atoms with Crippen LogP contribution in [0, 0.1) is 13.8 Å². The van der Waals surface area contributed by atoms with Crippen LogP contribution in [-0.2, 0) is 14.8 Å². The largest absolute Gasteiger partial charge is 0.450 e. The van der Waals surface area contributed by atoms with Gasteiger partial charge < -0.3 is 14.5 Å². The Balaban J connectivity index is 1.73. The molecule has 0 radical (unpaired) electrons. The van der Waals surface area contributed by atoms with Crippen molar-refractivity contribution in [1.82, 2.24) is 9.80 Å². The van der Waals surface area contributed by atoms with Crippen molar-refractivity contribution in [2.75, 3.05) is 37.5 Å². The Morgan fingerprint density at radius 2 is 1.58 bits per heavy atom. The van der Waals surface area contributed by atoms with E-state index in [4.69, 9.17) is 4.74 Å². The van der Waals surface area contributed by atoms with Gasteiger partial charge in [0.2, 0.25) is 0 Å². The Morgan fingerprint density at radius 1 is 0.968 bits per heavy atom. The van der Waals surface area contributed by atoms with Gasteiger partial charge in [-0.3, -0.25) is 9.52 Å². The van der Waals surface area contributed by atoms with Crippen molar-refractivity contribution in [3.05, 3.63) is 59.2 Å². The fraction of sp³-hybridized carbons (Fsp3) is 0.364. The number of anilines is 1. The van der Waals surface area contributed by atoms with E-state index in [9.17, 15) is 18.0 Å². The van der Waals surface area contributed by atoms with Gasteiger partial charge in [-0.1, -0.05) is 23.8 Å². The van der Waals surface area contributed by atoms with Gasteiger partial charge in [0, 0.05) is 31.7 Å². The minimum Gasteiger partial charge on any atom is -0.450 e. The Labute approximate surface area is 182 Å². The second-order valence-electron chi connectivity index (χ2n) is 7.43. The van der Waals surface area contributed by atoms with Crippen LogP contribution in [-0.4, -0.2) is 63.0 Å². The molecule has 8 nitrogen and oxygen atoms in total. The molecule has 9 heteroatoms. The minimum atomic E-state index is -3.78. The summed E-state index contributed by atoms with van der Waals surface area (Å²) in [6, 6.07) is 11.5. The lowest BCUT2D eigenvalue weighted by atomic mass is 10.1. The number of ether oxygens (including phenoxy) is 1. The maximum absolute atomic E-state index is 13.0. The molecule has 0 atom stereocenters. The molecule has 0 unspecified atom stereocenters. The third kappa shape index (κ3) is 5.35. The van der Waals surface area contributed by atoms with Crippen LogP contribution in [0.3, 0.4) is 0 Å². The Bertz CT molecular complexity index is 1060. The third-order valence-electron chi connectivity index (χ3n) is 5.15. The van der Waals surface area contributed by atoms with Crippen LogP contribution in [0.2, 0.25) is 0 Å². The van der Waals surface area contributed by atoms with Crippen LogP contribution < -0.4 is 4.72 Å². The molecule has 0 aliphatic carbocycles. The average molecular weight is 446 g/mol. The number of carbonyl (C=O) groups excluding carboxylic acids is 2. The average Bonchev–Trinajstić information content (AvgIpc) is 2.75. The fourth-order valence-electron chi connectivity index (χ4n) is 3.28. The van der Waals surface area contributed by atoms with Gasteiger partial charge >= 0.3 is 6.09 Å². The van der Waals surface area contributed by atoms with Crippen LogP contribution in [0.15, 0.2) is 47.4 Å². The molecule has 1 heterocycles. The maximum Gasteiger partial charge on any atom is 0.409 e. The summed E-state index contributed by atoms with van der Waals surface area (Å²) in [5.41, 5.74) is 2.42. The molecular weight excluding hydrogens is 418 g/mol. The van der Waals surface area contributed by atoms with Crippen molar-refractivity contribution in [3.63, 3.8) is 0 Å². The second kappa shape index (κ2) is 9.38. The summed E-state index contributed by atoms with van der Waals surface area (Å²) in [6.07, 6.45) is -0.377. The number of benzene rings is 2. The number of piperazine rings is 1. The molecule has 2 aromatic carbocycles. The summed E-state index contributed by atoms with van der Waals surface area (Å²) in [5, 5.41) is 0. The number of carbonyl (C=O) groups is 2. The van der Waals surface area contributed by atoms with Crippen LogP contribution in [0.1, 0.15) is 28.4 Å². The molecule has 2 amide bonds. The van der Waals surface area contributed by atoms with E-state index in [0.717, 1.165) is 5.56 Å². The Morgan fingerprint density at radius 3 is 2.19 bits per heavy atom. The lowest BCUT2D eigenvalue weighted by molar-refractivity contribution is 0.0570. The fourth-order valence-corrected chi connectivity index (χ4v) is 4.40. The Hall–Kier alpha value is -3.07. The first-order valence-electron chi connectivity index (χ1n) is 10.1. The number of hydrogen-bond acceptors (Lipinski definition) is 5. The number of aryl methyl sites for hydroxylation is 2. The van der Waals surface area contributed by atoms with Gasteiger partial charge in [-0.15, -0.1) is 0 Å². The molecule has 0 spiro atoms. The van der Waals surface area contributed by atoms with Crippen molar-refractivity contribution in [2.24, 2.45) is 0 Å². The number of sulfonamides is 1. The van der Waals surface area contributed by atoms with Gasteiger partial charge in [-0.05, 0) is 50.6 Å². The lowest BCUT2D eigenvalue weighted by Gasteiger charge is -2.34. The first-order chi connectivity index (χ1) is 14.7. The van der Waals surface area contributed by atoms with Gasteiger partial charge in [0.25, 0.3) is 15.9 Å². The normalized spacial score (nSPS) is 14.3. The van der Waals surface area contributed by atoms with Crippen molar-refractivity contribution in [1.29, 1.82) is 0 Å². The third-order valence-corrected chi connectivity index (χ3v) is 6.53. The summed E-state index contributed by atoms with van der Waals surface area (Å²) >= 11 is 0. The zero-order valence-corrected chi connectivity index (χ0v) is 18.7. The summed E-state index contributed by atoms with van der Waals surface area (Å²) in [5.74, 6) is -0.209. The van der Waals surface area contributed by atoms with Crippen molar-refractivity contribution in [3.8, 4) is 0 Å². The van der Waals surface area contributed by atoms with E-state index in [-0.39, 0.29) is 16.9 Å². The first kappa shape index (κ1) is 22.6. The van der Waals surface area contributed by atoms with Crippen molar-refractivity contribution < 1.29 is 22.7 Å². The predicted molar refractivity (Wildman–Crippen MR) is 118 cm³/mol. The molecule has 1 aliphatic rings. The van der Waals surface area contributed by atoms with Gasteiger partial charge in [0.05, 0.1) is 17.2 Å².